The number of aromatic nitrogens is 1. The molecule has 0 aliphatic heterocycles. The van der Waals surface area contributed by atoms with Gasteiger partial charge in [-0.3, -0.25) is 14.6 Å². The average Bonchev–Trinajstić information content (AvgIpc) is 2.71. The number of amides is 2. The van der Waals surface area contributed by atoms with E-state index in [4.69, 9.17) is 11.6 Å². The third-order valence-corrected chi connectivity index (χ3v) is 4.11. The van der Waals surface area contributed by atoms with E-state index in [0.717, 1.165) is 11.1 Å². The third-order valence-electron chi connectivity index (χ3n) is 3.87. The highest BCUT2D eigenvalue weighted by atomic mass is 35.5. The SMILES string of the molecule is Cc1ccc(C=NNC(=O)c2cc(Cl)ccc2NC(=O)c2ccncc2)cc1. The molecule has 2 aromatic carbocycles. The van der Waals surface area contributed by atoms with E-state index in [1.54, 1.807) is 24.3 Å². The van der Waals surface area contributed by atoms with E-state index in [9.17, 15) is 9.59 Å². The highest BCUT2D eigenvalue weighted by Crippen LogP contribution is 2.21. The van der Waals surface area contributed by atoms with Crippen molar-refractivity contribution in [1.29, 1.82) is 0 Å². The van der Waals surface area contributed by atoms with E-state index < -0.39 is 5.91 Å². The molecule has 7 heteroatoms. The Morgan fingerprint density at radius 3 is 2.43 bits per heavy atom. The van der Waals surface area contributed by atoms with E-state index in [1.165, 1.54) is 24.7 Å². The van der Waals surface area contributed by atoms with E-state index >= 15 is 0 Å². The van der Waals surface area contributed by atoms with Gasteiger partial charge in [0.05, 0.1) is 17.5 Å². The molecule has 0 saturated carbocycles. The molecule has 0 fully saturated rings. The Bertz CT molecular complexity index is 1020. The highest BCUT2D eigenvalue weighted by molar-refractivity contribution is 6.31. The summed E-state index contributed by atoms with van der Waals surface area (Å²) in [5.74, 6) is -0.849. The monoisotopic (exact) mass is 392 g/mol. The van der Waals surface area contributed by atoms with Crippen LogP contribution in [0.5, 0.6) is 0 Å². The van der Waals surface area contributed by atoms with Crippen molar-refractivity contribution < 1.29 is 9.59 Å². The van der Waals surface area contributed by atoms with Gasteiger partial charge in [-0.1, -0.05) is 41.4 Å². The van der Waals surface area contributed by atoms with Crippen molar-refractivity contribution in [3.63, 3.8) is 0 Å². The minimum Gasteiger partial charge on any atom is -0.321 e. The number of aryl methyl sites for hydroxylation is 1. The van der Waals surface area contributed by atoms with E-state index in [0.29, 0.717) is 16.3 Å². The first-order valence-corrected chi connectivity index (χ1v) is 8.82. The number of anilines is 1. The molecule has 0 atom stereocenters. The van der Waals surface area contributed by atoms with Crippen LogP contribution in [0.25, 0.3) is 0 Å². The Kier molecular flexibility index (Phi) is 6.14. The van der Waals surface area contributed by atoms with Crippen LogP contribution < -0.4 is 10.7 Å². The first-order valence-electron chi connectivity index (χ1n) is 8.44. The molecule has 0 unspecified atom stereocenters. The van der Waals surface area contributed by atoms with Crippen molar-refractivity contribution in [2.24, 2.45) is 5.10 Å². The summed E-state index contributed by atoms with van der Waals surface area (Å²) in [4.78, 5) is 28.8. The molecule has 28 heavy (non-hydrogen) atoms. The van der Waals surface area contributed by atoms with Gasteiger partial charge in [-0.15, -0.1) is 0 Å². The predicted molar refractivity (Wildman–Crippen MR) is 110 cm³/mol. The summed E-state index contributed by atoms with van der Waals surface area (Å²) in [6, 6.07) is 15.5. The van der Waals surface area contributed by atoms with Gasteiger partial charge in [0.2, 0.25) is 0 Å². The number of rotatable bonds is 5. The number of halogens is 1. The van der Waals surface area contributed by atoms with E-state index in [-0.39, 0.29) is 11.5 Å². The molecule has 1 heterocycles. The summed E-state index contributed by atoms with van der Waals surface area (Å²) < 4.78 is 0. The number of hydrogen-bond acceptors (Lipinski definition) is 4. The molecule has 6 nitrogen and oxygen atoms in total. The molecule has 0 radical (unpaired) electrons. The fourth-order valence-corrected chi connectivity index (χ4v) is 2.56. The standard InChI is InChI=1S/C21H17ClN4O2/c1-14-2-4-15(5-3-14)13-24-26-21(28)18-12-17(22)6-7-19(18)25-20(27)16-8-10-23-11-9-16/h2-13H,1H3,(H,25,27)(H,26,28). The van der Waals surface area contributed by atoms with Crippen LogP contribution in [0.3, 0.4) is 0 Å². The van der Waals surface area contributed by atoms with E-state index in [1.807, 2.05) is 31.2 Å². The van der Waals surface area contributed by atoms with E-state index in [2.05, 4.69) is 20.8 Å². The number of pyridine rings is 1. The van der Waals surface area contributed by atoms with Crippen LogP contribution in [0, 0.1) is 6.92 Å². The quantitative estimate of drug-likeness (QED) is 0.507. The topological polar surface area (TPSA) is 83.5 Å². The van der Waals surface area contributed by atoms with Gasteiger partial charge in [0.25, 0.3) is 11.8 Å². The zero-order valence-corrected chi connectivity index (χ0v) is 15.8. The molecule has 2 amide bonds. The number of nitrogens with one attached hydrogen (secondary N) is 2. The maximum atomic E-state index is 12.5. The number of carbonyl (C=O) groups excluding carboxylic acids is 2. The second-order valence-corrected chi connectivity index (χ2v) is 6.43. The van der Waals surface area contributed by atoms with Gasteiger partial charge in [0.15, 0.2) is 0 Å². The molecule has 0 aliphatic carbocycles. The second-order valence-electron chi connectivity index (χ2n) is 5.99. The summed E-state index contributed by atoms with van der Waals surface area (Å²) in [7, 11) is 0. The Labute approximate surface area is 167 Å². The molecule has 3 rings (SSSR count). The second kappa shape index (κ2) is 8.92. The van der Waals surface area contributed by atoms with Crippen LogP contribution in [0.4, 0.5) is 5.69 Å². The van der Waals surface area contributed by atoms with Crippen LogP contribution in [0.2, 0.25) is 5.02 Å². The summed E-state index contributed by atoms with van der Waals surface area (Å²) in [6.45, 7) is 1.99. The van der Waals surface area contributed by atoms with Gasteiger partial charge in [-0.2, -0.15) is 5.10 Å². The molecule has 0 bridgehead atoms. The van der Waals surface area contributed by atoms with Crippen LogP contribution >= 0.6 is 11.6 Å². The molecule has 0 spiro atoms. The Morgan fingerprint density at radius 2 is 1.71 bits per heavy atom. The Morgan fingerprint density at radius 1 is 1.00 bits per heavy atom. The predicted octanol–water partition coefficient (Wildman–Crippen LogP) is 4.06. The fourth-order valence-electron chi connectivity index (χ4n) is 2.39. The van der Waals surface area contributed by atoms with Crippen molar-refractivity contribution in [3.05, 3.63) is 94.3 Å². The lowest BCUT2D eigenvalue weighted by Crippen LogP contribution is -2.21. The molecular formula is C21H17ClN4O2. The third kappa shape index (κ3) is 5.02. The van der Waals surface area contributed by atoms with Crippen LogP contribution in [0.15, 0.2) is 72.1 Å². The zero-order chi connectivity index (χ0) is 19.9. The summed E-state index contributed by atoms with van der Waals surface area (Å²) >= 11 is 6.02. The van der Waals surface area contributed by atoms with Gasteiger partial charge in [-0.05, 0) is 42.8 Å². The van der Waals surface area contributed by atoms with Gasteiger partial charge >= 0.3 is 0 Å². The average molecular weight is 393 g/mol. The van der Waals surface area contributed by atoms with Crippen molar-refractivity contribution in [1.82, 2.24) is 10.4 Å². The van der Waals surface area contributed by atoms with Crippen LogP contribution in [-0.2, 0) is 0 Å². The van der Waals surface area contributed by atoms with Crippen molar-refractivity contribution >= 4 is 35.3 Å². The Balaban J connectivity index is 1.75. The maximum absolute atomic E-state index is 12.5. The molecule has 3 aromatic rings. The molecule has 2 N–H and O–H groups in total. The number of benzene rings is 2. The number of nitrogens with zero attached hydrogens (tertiary/aromatic N) is 2. The van der Waals surface area contributed by atoms with Gasteiger partial charge in [0, 0.05) is 23.0 Å². The highest BCUT2D eigenvalue weighted by Gasteiger charge is 2.15. The normalized spacial score (nSPS) is 10.6. The summed E-state index contributed by atoms with van der Waals surface area (Å²) in [6.07, 6.45) is 4.57. The van der Waals surface area contributed by atoms with Crippen LogP contribution in [-0.4, -0.2) is 23.0 Å². The molecular weight excluding hydrogens is 376 g/mol. The van der Waals surface area contributed by atoms with Gasteiger partial charge in [-0.25, -0.2) is 5.43 Å². The smallest absolute Gasteiger partial charge is 0.273 e. The molecule has 140 valence electrons. The number of carbonyl (C=O) groups is 2. The lowest BCUT2D eigenvalue weighted by molar-refractivity contribution is 0.0956. The fraction of sp³-hybridized carbons (Fsp3) is 0.0476. The van der Waals surface area contributed by atoms with Gasteiger partial charge < -0.3 is 5.32 Å². The largest absolute Gasteiger partial charge is 0.321 e. The van der Waals surface area contributed by atoms with Crippen molar-refractivity contribution in [2.45, 2.75) is 6.92 Å². The van der Waals surface area contributed by atoms with Crippen molar-refractivity contribution in [3.8, 4) is 0 Å². The Hall–Kier alpha value is -3.51. The number of hydrazone groups is 1. The lowest BCUT2D eigenvalue weighted by Gasteiger charge is -2.10. The number of hydrogen-bond donors (Lipinski definition) is 2. The minimum atomic E-state index is -0.490. The maximum Gasteiger partial charge on any atom is 0.273 e. The van der Waals surface area contributed by atoms with Crippen molar-refractivity contribution in [2.75, 3.05) is 5.32 Å². The minimum absolute atomic E-state index is 0.205. The molecule has 0 saturated heterocycles. The first kappa shape index (κ1) is 19.3. The molecule has 0 aliphatic rings. The first-order chi connectivity index (χ1) is 13.5. The van der Waals surface area contributed by atoms with Gasteiger partial charge in [0.1, 0.15) is 0 Å². The summed E-state index contributed by atoms with van der Waals surface area (Å²) in [5, 5.41) is 7.05. The zero-order valence-electron chi connectivity index (χ0n) is 15.0. The molecule has 1 aromatic heterocycles. The van der Waals surface area contributed by atoms with Crippen LogP contribution in [0.1, 0.15) is 31.8 Å². The summed E-state index contributed by atoms with van der Waals surface area (Å²) in [5.41, 5.74) is 5.39. The lowest BCUT2D eigenvalue weighted by atomic mass is 10.1.